The van der Waals surface area contributed by atoms with E-state index in [-0.39, 0.29) is 29.5 Å². The maximum atomic E-state index is 13.5. The highest BCUT2D eigenvalue weighted by Gasteiger charge is 2.28. The Morgan fingerprint density at radius 3 is 2.50 bits per heavy atom. The fourth-order valence-electron chi connectivity index (χ4n) is 2.79. The topological polar surface area (TPSA) is 52.3 Å². The fraction of sp³-hybridized carbons (Fsp3) is 0.562. The molecule has 1 aromatic carbocycles. The Bertz CT molecular complexity index is 479. The molecule has 0 amide bonds. The minimum absolute atomic E-state index is 0.00715. The predicted octanol–water partition coefficient (Wildman–Crippen LogP) is 3.63. The highest BCUT2D eigenvalue weighted by molar-refractivity contribution is 5.72. The van der Waals surface area contributed by atoms with Gasteiger partial charge in [0.05, 0.1) is 17.7 Å². The number of benzene rings is 1. The van der Waals surface area contributed by atoms with Crippen LogP contribution in [0.15, 0.2) is 18.2 Å². The van der Waals surface area contributed by atoms with Gasteiger partial charge >= 0.3 is 5.97 Å². The molecule has 20 heavy (non-hydrogen) atoms. The van der Waals surface area contributed by atoms with E-state index in [2.05, 4.69) is 0 Å². The van der Waals surface area contributed by atoms with E-state index in [1.165, 1.54) is 6.07 Å². The van der Waals surface area contributed by atoms with Crippen LogP contribution >= 0.6 is 0 Å². The van der Waals surface area contributed by atoms with Gasteiger partial charge in [0.15, 0.2) is 0 Å². The van der Waals surface area contributed by atoms with Crippen molar-refractivity contribution in [2.75, 3.05) is 5.73 Å². The summed E-state index contributed by atoms with van der Waals surface area (Å²) in [7, 11) is 0. The van der Waals surface area contributed by atoms with Gasteiger partial charge in [0.2, 0.25) is 0 Å². The van der Waals surface area contributed by atoms with Crippen LogP contribution in [0, 0.1) is 11.7 Å². The molecule has 4 heteroatoms. The zero-order valence-corrected chi connectivity index (χ0v) is 12.1. The summed E-state index contributed by atoms with van der Waals surface area (Å²) in [5.41, 5.74) is 6.65. The lowest BCUT2D eigenvalue weighted by atomic mass is 9.78. The minimum atomic E-state index is -0.358. The average molecular weight is 279 g/mol. The first-order valence-corrected chi connectivity index (χ1v) is 7.22. The van der Waals surface area contributed by atoms with Gasteiger partial charge in [0.1, 0.15) is 5.82 Å². The fourth-order valence-corrected chi connectivity index (χ4v) is 2.79. The van der Waals surface area contributed by atoms with Gasteiger partial charge in [-0.1, -0.05) is 6.07 Å². The van der Waals surface area contributed by atoms with Crippen molar-refractivity contribution in [3.8, 4) is 0 Å². The van der Waals surface area contributed by atoms with Gasteiger partial charge in [0, 0.05) is 0 Å². The zero-order chi connectivity index (χ0) is 14.7. The first kappa shape index (κ1) is 14.8. The molecule has 0 bridgehead atoms. The minimum Gasteiger partial charge on any atom is -0.463 e. The van der Waals surface area contributed by atoms with Gasteiger partial charge in [-0.05, 0) is 63.1 Å². The molecule has 0 saturated heterocycles. The SMILES string of the molecule is CC(C)OC(=O)C1CCC(c2ccc(N)c(F)c2)CC1. The van der Waals surface area contributed by atoms with Crippen LogP contribution < -0.4 is 5.73 Å². The summed E-state index contributed by atoms with van der Waals surface area (Å²) in [4.78, 5) is 11.9. The zero-order valence-electron chi connectivity index (χ0n) is 12.1. The second-order valence-corrected chi connectivity index (χ2v) is 5.82. The third-order valence-electron chi connectivity index (χ3n) is 3.91. The van der Waals surface area contributed by atoms with Crippen molar-refractivity contribution in [2.45, 2.75) is 51.6 Å². The molecule has 0 spiro atoms. The van der Waals surface area contributed by atoms with Crippen molar-refractivity contribution in [3.63, 3.8) is 0 Å². The maximum absolute atomic E-state index is 13.5. The quantitative estimate of drug-likeness (QED) is 0.679. The van der Waals surface area contributed by atoms with Crippen LogP contribution in [0.3, 0.4) is 0 Å². The van der Waals surface area contributed by atoms with Gasteiger partial charge in [-0.15, -0.1) is 0 Å². The van der Waals surface area contributed by atoms with E-state index < -0.39 is 0 Å². The van der Waals surface area contributed by atoms with Crippen LogP contribution in [-0.4, -0.2) is 12.1 Å². The molecular formula is C16H22FNO2. The van der Waals surface area contributed by atoms with Crippen molar-refractivity contribution in [1.82, 2.24) is 0 Å². The summed E-state index contributed by atoms with van der Waals surface area (Å²) >= 11 is 0. The lowest BCUT2D eigenvalue weighted by Crippen LogP contribution is -2.25. The van der Waals surface area contributed by atoms with E-state index in [1.54, 1.807) is 6.07 Å². The lowest BCUT2D eigenvalue weighted by Gasteiger charge is -2.28. The van der Waals surface area contributed by atoms with E-state index in [0.717, 1.165) is 31.2 Å². The number of hydrogen-bond acceptors (Lipinski definition) is 3. The van der Waals surface area contributed by atoms with E-state index >= 15 is 0 Å². The number of carbonyl (C=O) groups excluding carboxylic acids is 1. The summed E-state index contributed by atoms with van der Waals surface area (Å²) in [6.07, 6.45) is 3.33. The molecule has 0 heterocycles. The number of anilines is 1. The second-order valence-electron chi connectivity index (χ2n) is 5.82. The Morgan fingerprint density at radius 2 is 1.95 bits per heavy atom. The van der Waals surface area contributed by atoms with Crippen LogP contribution in [0.1, 0.15) is 51.0 Å². The Kier molecular flexibility index (Phi) is 4.63. The monoisotopic (exact) mass is 279 g/mol. The van der Waals surface area contributed by atoms with Crippen molar-refractivity contribution in [3.05, 3.63) is 29.6 Å². The molecule has 1 aliphatic rings. The third kappa shape index (κ3) is 3.50. The summed E-state index contributed by atoms with van der Waals surface area (Å²) in [5, 5.41) is 0. The van der Waals surface area contributed by atoms with Crippen molar-refractivity contribution < 1.29 is 13.9 Å². The molecule has 0 unspecified atom stereocenters. The van der Waals surface area contributed by atoms with E-state index in [0.29, 0.717) is 5.92 Å². The summed E-state index contributed by atoms with van der Waals surface area (Å²) in [5.74, 6) is -0.147. The van der Waals surface area contributed by atoms with Crippen LogP contribution in [0.25, 0.3) is 0 Å². The van der Waals surface area contributed by atoms with Crippen LogP contribution in [0.2, 0.25) is 0 Å². The lowest BCUT2D eigenvalue weighted by molar-refractivity contribution is -0.153. The molecule has 0 aliphatic heterocycles. The van der Waals surface area contributed by atoms with Gasteiger partial charge in [0.25, 0.3) is 0 Å². The van der Waals surface area contributed by atoms with Crippen LogP contribution in [0.5, 0.6) is 0 Å². The predicted molar refractivity (Wildman–Crippen MR) is 76.7 cm³/mol. The third-order valence-corrected chi connectivity index (χ3v) is 3.91. The van der Waals surface area contributed by atoms with Crippen molar-refractivity contribution in [2.24, 2.45) is 5.92 Å². The molecule has 0 aromatic heterocycles. The molecule has 0 atom stereocenters. The molecular weight excluding hydrogens is 257 g/mol. The highest BCUT2D eigenvalue weighted by Crippen LogP contribution is 2.37. The molecule has 1 saturated carbocycles. The second kappa shape index (κ2) is 6.25. The molecule has 1 fully saturated rings. The Morgan fingerprint density at radius 1 is 1.30 bits per heavy atom. The number of halogens is 1. The maximum Gasteiger partial charge on any atom is 0.309 e. The Balaban J connectivity index is 1.94. The van der Waals surface area contributed by atoms with E-state index in [1.807, 2.05) is 19.9 Å². The number of nitrogens with two attached hydrogens (primary N) is 1. The van der Waals surface area contributed by atoms with Gasteiger partial charge in [-0.3, -0.25) is 4.79 Å². The number of esters is 1. The number of rotatable bonds is 3. The molecule has 1 aliphatic carbocycles. The largest absolute Gasteiger partial charge is 0.463 e. The number of hydrogen-bond donors (Lipinski definition) is 1. The van der Waals surface area contributed by atoms with Gasteiger partial charge < -0.3 is 10.5 Å². The number of ether oxygens (including phenoxy) is 1. The average Bonchev–Trinajstić information content (AvgIpc) is 2.41. The smallest absolute Gasteiger partial charge is 0.309 e. The van der Waals surface area contributed by atoms with Gasteiger partial charge in [-0.2, -0.15) is 0 Å². The number of nitrogen functional groups attached to an aromatic ring is 1. The van der Waals surface area contributed by atoms with E-state index in [4.69, 9.17) is 10.5 Å². The van der Waals surface area contributed by atoms with Crippen molar-refractivity contribution >= 4 is 11.7 Å². The van der Waals surface area contributed by atoms with Crippen LogP contribution in [-0.2, 0) is 9.53 Å². The Labute approximate surface area is 119 Å². The molecule has 2 N–H and O–H groups in total. The van der Waals surface area contributed by atoms with Gasteiger partial charge in [-0.25, -0.2) is 4.39 Å². The molecule has 3 nitrogen and oxygen atoms in total. The van der Waals surface area contributed by atoms with Crippen LogP contribution in [0.4, 0.5) is 10.1 Å². The summed E-state index contributed by atoms with van der Waals surface area (Å²) < 4.78 is 18.7. The molecule has 1 aromatic rings. The van der Waals surface area contributed by atoms with Crippen molar-refractivity contribution in [1.29, 1.82) is 0 Å². The molecule has 2 rings (SSSR count). The first-order valence-electron chi connectivity index (χ1n) is 7.22. The molecule has 110 valence electrons. The normalized spacial score (nSPS) is 22.8. The highest BCUT2D eigenvalue weighted by atomic mass is 19.1. The molecule has 0 radical (unpaired) electrons. The first-order chi connectivity index (χ1) is 9.47. The summed E-state index contributed by atoms with van der Waals surface area (Å²) in [6, 6.07) is 5.02. The standard InChI is InChI=1S/C16H22FNO2/c1-10(2)20-16(19)12-5-3-11(4-6-12)13-7-8-15(18)14(17)9-13/h7-12H,3-6,18H2,1-2H3. The summed E-state index contributed by atoms with van der Waals surface area (Å²) in [6.45, 7) is 3.72. The van der Waals surface area contributed by atoms with E-state index in [9.17, 15) is 9.18 Å². The number of carbonyl (C=O) groups is 1. The Hall–Kier alpha value is -1.58.